The van der Waals surface area contributed by atoms with E-state index in [-0.39, 0.29) is 19.0 Å². The second kappa shape index (κ2) is 13.5. The SMILES string of the molecule is COc1ccccc1CN1CCN(c2cc(Oc3ccc(CC(C)(OCc4ccccc4)C(=O)O)cc3)nc(N)n2)CC1. The summed E-state index contributed by atoms with van der Waals surface area (Å²) >= 11 is 0. The fourth-order valence-corrected chi connectivity index (χ4v) is 5.04. The zero-order chi connectivity index (χ0) is 30.2. The molecule has 1 unspecified atom stereocenters. The van der Waals surface area contributed by atoms with Gasteiger partial charge in [0.05, 0.1) is 13.7 Å². The van der Waals surface area contributed by atoms with Gasteiger partial charge in [-0.15, -0.1) is 0 Å². The molecule has 0 saturated carbocycles. The molecular formula is C33H37N5O5. The maximum absolute atomic E-state index is 12.1. The lowest BCUT2D eigenvalue weighted by molar-refractivity contribution is -0.165. The Morgan fingerprint density at radius 2 is 1.63 bits per heavy atom. The Hall–Kier alpha value is -4.67. The first-order valence-corrected chi connectivity index (χ1v) is 14.2. The van der Waals surface area contributed by atoms with Crippen LogP contribution in [-0.4, -0.2) is 64.8 Å². The number of methoxy groups -OCH3 is 1. The summed E-state index contributed by atoms with van der Waals surface area (Å²) in [6.07, 6.45) is 0.198. The molecule has 1 aromatic heterocycles. The molecule has 0 aliphatic carbocycles. The van der Waals surface area contributed by atoms with Gasteiger partial charge in [0.25, 0.3) is 0 Å². The van der Waals surface area contributed by atoms with Gasteiger partial charge >= 0.3 is 5.97 Å². The van der Waals surface area contributed by atoms with Crippen molar-refractivity contribution in [1.29, 1.82) is 0 Å². The van der Waals surface area contributed by atoms with Crippen LogP contribution in [0.4, 0.5) is 11.8 Å². The van der Waals surface area contributed by atoms with Crippen LogP contribution in [0.25, 0.3) is 0 Å². The molecule has 1 atom stereocenters. The minimum Gasteiger partial charge on any atom is -0.496 e. The van der Waals surface area contributed by atoms with Crippen LogP contribution in [0.5, 0.6) is 17.4 Å². The van der Waals surface area contributed by atoms with E-state index in [9.17, 15) is 9.90 Å². The normalized spacial score (nSPS) is 15.1. The van der Waals surface area contributed by atoms with Gasteiger partial charge in [0.1, 0.15) is 17.3 Å². The standard InChI is InChI=1S/C33H37N5O5/c1-33(31(39)40,42-23-25-8-4-3-5-9-25)21-24-12-14-27(15-13-24)43-30-20-29(35-32(34)36-30)38-18-16-37(17-19-38)22-26-10-6-7-11-28(26)41-2/h3-15,20H,16-19,21-23H2,1-2H3,(H,39,40)(H2,34,35,36). The van der Waals surface area contributed by atoms with Crippen LogP contribution in [0, 0.1) is 0 Å². The van der Waals surface area contributed by atoms with Crippen LogP contribution in [0.1, 0.15) is 23.6 Å². The molecule has 0 amide bonds. The van der Waals surface area contributed by atoms with Gasteiger partial charge in [-0.05, 0) is 36.2 Å². The molecule has 0 bridgehead atoms. The highest BCUT2D eigenvalue weighted by atomic mass is 16.5. The van der Waals surface area contributed by atoms with Crippen molar-refractivity contribution < 1.29 is 24.1 Å². The van der Waals surface area contributed by atoms with Crippen LogP contribution < -0.4 is 20.1 Å². The highest BCUT2D eigenvalue weighted by molar-refractivity contribution is 5.77. The number of anilines is 2. The van der Waals surface area contributed by atoms with Crippen LogP contribution in [0.15, 0.2) is 84.9 Å². The number of carboxylic acid groups (broad SMARTS) is 1. The van der Waals surface area contributed by atoms with Crippen molar-refractivity contribution in [1.82, 2.24) is 14.9 Å². The molecule has 1 aliphatic rings. The number of benzene rings is 3. The van der Waals surface area contributed by atoms with Crippen LogP contribution in [-0.2, 0) is 29.1 Å². The molecular weight excluding hydrogens is 546 g/mol. The molecule has 43 heavy (non-hydrogen) atoms. The third-order valence-corrected chi connectivity index (χ3v) is 7.53. The van der Waals surface area contributed by atoms with Crippen molar-refractivity contribution in [2.75, 3.05) is 43.9 Å². The highest BCUT2D eigenvalue weighted by Gasteiger charge is 2.34. The number of hydrogen-bond acceptors (Lipinski definition) is 9. The summed E-state index contributed by atoms with van der Waals surface area (Å²) in [6.45, 7) is 5.92. The topological polar surface area (TPSA) is 123 Å². The Bertz CT molecular complexity index is 1510. The van der Waals surface area contributed by atoms with E-state index in [0.29, 0.717) is 17.4 Å². The lowest BCUT2D eigenvalue weighted by Gasteiger charge is -2.35. The Balaban J connectivity index is 1.18. The summed E-state index contributed by atoms with van der Waals surface area (Å²) in [6, 6.07) is 26.6. The first-order valence-electron chi connectivity index (χ1n) is 14.2. The van der Waals surface area contributed by atoms with Gasteiger partial charge in [-0.3, -0.25) is 4.90 Å². The summed E-state index contributed by atoms with van der Waals surface area (Å²) in [5.41, 5.74) is 7.55. The molecule has 4 aromatic rings. The van der Waals surface area contributed by atoms with Crippen molar-refractivity contribution in [3.8, 4) is 17.4 Å². The molecule has 1 fully saturated rings. The van der Waals surface area contributed by atoms with Gasteiger partial charge < -0.3 is 30.0 Å². The number of carbonyl (C=O) groups is 1. The van der Waals surface area contributed by atoms with Gasteiger partial charge in [0, 0.05) is 50.8 Å². The van der Waals surface area contributed by atoms with Gasteiger partial charge in [-0.25, -0.2) is 4.79 Å². The summed E-state index contributed by atoms with van der Waals surface area (Å²) in [4.78, 5) is 25.4. The number of carboxylic acids is 1. The summed E-state index contributed by atoms with van der Waals surface area (Å²) in [7, 11) is 1.70. The first-order chi connectivity index (χ1) is 20.8. The van der Waals surface area contributed by atoms with Gasteiger partial charge in [-0.2, -0.15) is 9.97 Å². The van der Waals surface area contributed by atoms with E-state index >= 15 is 0 Å². The Labute approximate surface area is 251 Å². The first kappa shape index (κ1) is 29.8. The minimum absolute atomic E-state index is 0.133. The second-order valence-electron chi connectivity index (χ2n) is 10.7. The van der Waals surface area contributed by atoms with Crippen molar-refractivity contribution >= 4 is 17.7 Å². The fourth-order valence-electron chi connectivity index (χ4n) is 5.04. The molecule has 0 radical (unpaired) electrons. The fraction of sp³-hybridized carbons (Fsp3) is 0.303. The van der Waals surface area contributed by atoms with Crippen LogP contribution in [0.2, 0.25) is 0 Å². The Morgan fingerprint density at radius 3 is 2.33 bits per heavy atom. The lowest BCUT2D eigenvalue weighted by atomic mass is 9.96. The Kier molecular flexibility index (Phi) is 9.38. The molecule has 10 nitrogen and oxygen atoms in total. The van der Waals surface area contributed by atoms with Crippen LogP contribution in [0.3, 0.4) is 0 Å². The molecule has 3 aromatic carbocycles. The van der Waals surface area contributed by atoms with E-state index in [1.807, 2.05) is 60.7 Å². The molecule has 10 heteroatoms. The zero-order valence-electron chi connectivity index (χ0n) is 24.5. The number of nitrogens with zero attached hydrogens (tertiary/aromatic N) is 4. The number of ether oxygens (including phenoxy) is 3. The van der Waals surface area contributed by atoms with Gasteiger partial charge in [0.2, 0.25) is 11.8 Å². The van der Waals surface area contributed by atoms with E-state index in [0.717, 1.165) is 49.6 Å². The third-order valence-electron chi connectivity index (χ3n) is 7.53. The van der Waals surface area contributed by atoms with Crippen molar-refractivity contribution in [3.63, 3.8) is 0 Å². The van der Waals surface area contributed by atoms with Crippen LogP contribution >= 0.6 is 0 Å². The second-order valence-corrected chi connectivity index (χ2v) is 10.7. The zero-order valence-corrected chi connectivity index (χ0v) is 24.5. The largest absolute Gasteiger partial charge is 0.496 e. The maximum atomic E-state index is 12.1. The smallest absolute Gasteiger partial charge is 0.336 e. The van der Waals surface area contributed by atoms with Crippen molar-refractivity contribution in [2.24, 2.45) is 0 Å². The highest BCUT2D eigenvalue weighted by Crippen LogP contribution is 2.27. The van der Waals surface area contributed by atoms with E-state index in [2.05, 4.69) is 25.8 Å². The van der Waals surface area contributed by atoms with Crippen molar-refractivity contribution in [2.45, 2.75) is 32.1 Å². The van der Waals surface area contributed by atoms with Crippen molar-refractivity contribution in [3.05, 3.63) is 102 Å². The quantitative estimate of drug-likeness (QED) is 0.241. The average Bonchev–Trinajstić information content (AvgIpc) is 3.02. The molecule has 1 aliphatic heterocycles. The molecule has 2 heterocycles. The minimum atomic E-state index is -1.38. The number of aliphatic carboxylic acids is 1. The molecule has 0 spiro atoms. The number of aromatic nitrogens is 2. The predicted octanol–water partition coefficient (Wildman–Crippen LogP) is 4.78. The Morgan fingerprint density at radius 1 is 0.930 bits per heavy atom. The summed E-state index contributed by atoms with van der Waals surface area (Å²) < 4.78 is 17.4. The number of nitrogens with two attached hydrogens (primary N) is 1. The number of para-hydroxylation sites is 1. The number of hydrogen-bond donors (Lipinski definition) is 2. The summed E-state index contributed by atoms with van der Waals surface area (Å²) in [5, 5.41) is 9.90. The van der Waals surface area contributed by atoms with E-state index < -0.39 is 11.6 Å². The van der Waals surface area contributed by atoms with E-state index in [1.54, 1.807) is 32.2 Å². The maximum Gasteiger partial charge on any atom is 0.336 e. The van der Waals surface area contributed by atoms with Gasteiger partial charge in [-0.1, -0.05) is 60.7 Å². The third kappa shape index (κ3) is 7.79. The molecule has 5 rings (SSSR count). The van der Waals surface area contributed by atoms with Gasteiger partial charge in [0.15, 0.2) is 5.60 Å². The predicted molar refractivity (Wildman–Crippen MR) is 164 cm³/mol. The average molecular weight is 584 g/mol. The molecule has 3 N–H and O–H groups in total. The molecule has 1 saturated heterocycles. The van der Waals surface area contributed by atoms with E-state index in [4.69, 9.17) is 19.9 Å². The molecule has 224 valence electrons. The van der Waals surface area contributed by atoms with E-state index in [1.165, 1.54) is 5.56 Å². The lowest BCUT2D eigenvalue weighted by Crippen LogP contribution is -2.46. The monoisotopic (exact) mass is 583 g/mol. The number of piperazine rings is 1. The number of nitrogen functional groups attached to an aromatic ring is 1. The summed E-state index contributed by atoms with van der Waals surface area (Å²) in [5.74, 6) is 1.62. The number of rotatable bonds is 12.